The maximum absolute atomic E-state index is 12.3. The summed E-state index contributed by atoms with van der Waals surface area (Å²) < 4.78 is 8.62. The van der Waals surface area contributed by atoms with Crippen LogP contribution in [0.25, 0.3) is 50.0 Å². The van der Waals surface area contributed by atoms with Crippen LogP contribution in [0.4, 0.5) is 0 Å². The summed E-state index contributed by atoms with van der Waals surface area (Å²) in [5, 5.41) is 14.4. The predicted molar refractivity (Wildman–Crippen MR) is 230 cm³/mol. The molecule has 0 atom stereocenters. The van der Waals surface area contributed by atoms with Crippen molar-refractivity contribution in [2.24, 2.45) is 0 Å². The van der Waals surface area contributed by atoms with Crippen LogP contribution in [0.5, 0.6) is 17.4 Å². The Morgan fingerprint density at radius 1 is 0.545 bits per heavy atom. The lowest BCUT2D eigenvalue weighted by Crippen LogP contribution is -2.18. The molecule has 3 heterocycles. The van der Waals surface area contributed by atoms with E-state index in [4.69, 9.17) is 9.72 Å². The van der Waals surface area contributed by atoms with E-state index in [1.54, 1.807) is 6.20 Å². The average Bonchev–Trinajstić information content (AvgIpc) is 3.43. The van der Waals surface area contributed by atoms with Crippen molar-refractivity contribution in [3.63, 3.8) is 0 Å². The summed E-state index contributed by atoms with van der Waals surface area (Å²) in [6, 6.07) is 35.8. The highest BCUT2D eigenvalue weighted by molar-refractivity contribution is 6.09. The van der Waals surface area contributed by atoms with Gasteiger partial charge in [-0.3, -0.25) is 4.57 Å². The quantitative estimate of drug-likeness (QED) is 0.192. The third kappa shape index (κ3) is 7.37. The molecule has 0 unspecified atom stereocenters. The molecule has 7 rings (SSSR count). The first-order valence-electron chi connectivity index (χ1n) is 19.4. The van der Waals surface area contributed by atoms with Crippen LogP contribution in [0.3, 0.4) is 0 Å². The van der Waals surface area contributed by atoms with Crippen LogP contribution < -0.4 is 4.74 Å². The molecule has 0 aliphatic rings. The van der Waals surface area contributed by atoms with Gasteiger partial charge in [0.2, 0.25) is 5.88 Å². The number of aromatic nitrogens is 3. The van der Waals surface area contributed by atoms with Crippen LogP contribution in [0.15, 0.2) is 109 Å². The van der Waals surface area contributed by atoms with Crippen molar-refractivity contribution in [2.45, 2.75) is 105 Å². The Bertz CT molecular complexity index is 2550. The molecule has 0 spiro atoms. The minimum Gasteiger partial charge on any atom is -0.505 e. The minimum atomic E-state index is -0.286. The molecule has 1 N–H and O–H groups in total. The molecule has 0 fully saturated rings. The first-order valence-corrected chi connectivity index (χ1v) is 19.4. The Kier molecular flexibility index (Phi) is 9.23. The molecule has 55 heavy (non-hydrogen) atoms. The molecule has 282 valence electrons. The lowest BCUT2D eigenvalue weighted by atomic mass is 9.79. The Labute approximate surface area is 327 Å². The van der Waals surface area contributed by atoms with E-state index in [-0.39, 0.29) is 27.4 Å². The van der Waals surface area contributed by atoms with E-state index in [1.807, 2.05) is 42.5 Å². The number of pyridine rings is 2. The van der Waals surface area contributed by atoms with E-state index in [0.29, 0.717) is 11.6 Å². The lowest BCUT2D eigenvalue weighted by molar-refractivity contribution is 0.442. The van der Waals surface area contributed by atoms with E-state index in [2.05, 4.69) is 153 Å². The van der Waals surface area contributed by atoms with Gasteiger partial charge in [0, 0.05) is 34.2 Å². The zero-order chi connectivity index (χ0) is 39.7. The fourth-order valence-electron chi connectivity index (χ4n) is 7.33. The van der Waals surface area contributed by atoms with Gasteiger partial charge in [-0.25, -0.2) is 9.97 Å². The standard InChI is InChI=1S/C50H55N3O2/c1-47(2,3)34-21-22-41-37(27-34)38-30-39(49(7,8)9)44(52-46(38)53(41)42-29-35(48(4,5)6)28-40(45(42)54)50(10,11)12)33-19-16-20-36(25-33)55-43-26-32(23-24-51-43)31-17-14-13-15-18-31/h13-30,54H,1-12H3. The van der Waals surface area contributed by atoms with Crippen molar-refractivity contribution < 1.29 is 9.84 Å². The molecule has 3 aromatic heterocycles. The number of rotatable bonds is 5. The summed E-state index contributed by atoms with van der Waals surface area (Å²) in [6.45, 7) is 26.6. The van der Waals surface area contributed by atoms with E-state index in [1.165, 1.54) is 5.56 Å². The van der Waals surface area contributed by atoms with E-state index >= 15 is 0 Å². The van der Waals surface area contributed by atoms with Gasteiger partial charge in [0.15, 0.2) is 0 Å². The fraction of sp³-hybridized carbons (Fsp3) is 0.320. The van der Waals surface area contributed by atoms with Crippen molar-refractivity contribution in [2.75, 3.05) is 0 Å². The van der Waals surface area contributed by atoms with Gasteiger partial charge in [-0.15, -0.1) is 0 Å². The number of hydrogen-bond acceptors (Lipinski definition) is 4. The van der Waals surface area contributed by atoms with Gasteiger partial charge in [-0.1, -0.05) is 138 Å². The van der Waals surface area contributed by atoms with Crippen LogP contribution in [0.2, 0.25) is 0 Å². The monoisotopic (exact) mass is 729 g/mol. The Morgan fingerprint density at radius 2 is 1.22 bits per heavy atom. The zero-order valence-electron chi connectivity index (χ0n) is 34.6. The number of phenols is 1. The highest BCUT2D eigenvalue weighted by atomic mass is 16.5. The number of hydrogen-bond donors (Lipinski definition) is 1. The normalized spacial score (nSPS) is 12.8. The summed E-state index contributed by atoms with van der Waals surface area (Å²) in [5.74, 6) is 1.48. The Hall–Kier alpha value is -5.42. The van der Waals surface area contributed by atoms with Crippen molar-refractivity contribution in [1.82, 2.24) is 14.5 Å². The lowest BCUT2D eigenvalue weighted by Gasteiger charge is -2.28. The number of ether oxygens (including phenoxy) is 1. The molecular formula is C50H55N3O2. The summed E-state index contributed by atoms with van der Waals surface area (Å²) in [6.07, 6.45) is 1.79. The molecule has 7 aromatic rings. The maximum atomic E-state index is 12.3. The Morgan fingerprint density at radius 3 is 1.87 bits per heavy atom. The maximum Gasteiger partial charge on any atom is 0.219 e. The van der Waals surface area contributed by atoms with Crippen LogP contribution in [0.1, 0.15) is 105 Å². The van der Waals surface area contributed by atoms with Gasteiger partial charge in [0.25, 0.3) is 0 Å². The summed E-state index contributed by atoms with van der Waals surface area (Å²) >= 11 is 0. The third-order valence-electron chi connectivity index (χ3n) is 10.6. The van der Waals surface area contributed by atoms with Gasteiger partial charge >= 0.3 is 0 Å². The van der Waals surface area contributed by atoms with Gasteiger partial charge in [-0.2, -0.15) is 0 Å². The summed E-state index contributed by atoms with van der Waals surface area (Å²) in [5.41, 5.74) is 10.3. The van der Waals surface area contributed by atoms with Gasteiger partial charge in [0.05, 0.1) is 16.9 Å². The summed E-state index contributed by atoms with van der Waals surface area (Å²) in [4.78, 5) is 10.2. The van der Waals surface area contributed by atoms with E-state index in [9.17, 15) is 5.11 Å². The first-order chi connectivity index (χ1) is 25.7. The minimum absolute atomic E-state index is 0.0492. The van der Waals surface area contributed by atoms with Crippen molar-refractivity contribution >= 4 is 21.9 Å². The van der Waals surface area contributed by atoms with Crippen molar-refractivity contribution in [3.05, 3.63) is 132 Å². The molecule has 5 nitrogen and oxygen atoms in total. The largest absolute Gasteiger partial charge is 0.505 e. The zero-order valence-corrected chi connectivity index (χ0v) is 34.6. The molecular weight excluding hydrogens is 675 g/mol. The molecule has 0 saturated heterocycles. The second-order valence-corrected chi connectivity index (χ2v) is 19.1. The highest BCUT2D eigenvalue weighted by Gasteiger charge is 2.30. The van der Waals surface area contributed by atoms with Crippen LogP contribution in [-0.2, 0) is 21.7 Å². The number of fused-ring (bicyclic) bond motifs is 3. The number of nitrogens with zero attached hydrogens (tertiary/aromatic N) is 3. The number of benzene rings is 4. The number of aromatic hydroxyl groups is 1. The molecule has 0 aliphatic carbocycles. The van der Waals surface area contributed by atoms with Crippen LogP contribution in [0, 0.1) is 0 Å². The summed E-state index contributed by atoms with van der Waals surface area (Å²) in [7, 11) is 0. The molecule has 0 saturated carbocycles. The highest BCUT2D eigenvalue weighted by Crippen LogP contribution is 2.45. The fourth-order valence-corrected chi connectivity index (χ4v) is 7.33. The van der Waals surface area contributed by atoms with Gasteiger partial charge in [-0.05, 0) is 91.9 Å². The van der Waals surface area contributed by atoms with Crippen molar-refractivity contribution in [3.8, 4) is 45.5 Å². The van der Waals surface area contributed by atoms with Gasteiger partial charge < -0.3 is 9.84 Å². The first kappa shape index (κ1) is 37.9. The smallest absolute Gasteiger partial charge is 0.219 e. The SMILES string of the molecule is CC(C)(C)c1cc(-n2c3ccc(C(C)(C)C)cc3c3cc(C(C)(C)C)c(-c4cccc(Oc5cc(-c6ccccc6)ccn5)c4)nc32)c(O)c(C(C)(C)C)c1. The number of phenolic OH excluding ortho intramolecular Hbond substituents is 1. The van der Waals surface area contributed by atoms with Crippen molar-refractivity contribution in [1.29, 1.82) is 0 Å². The second-order valence-electron chi connectivity index (χ2n) is 19.1. The van der Waals surface area contributed by atoms with Gasteiger partial charge in [0.1, 0.15) is 17.1 Å². The molecule has 0 aliphatic heterocycles. The predicted octanol–water partition coefficient (Wildman–Crippen LogP) is 13.6. The molecule has 0 radical (unpaired) electrons. The molecule has 0 bridgehead atoms. The van der Waals surface area contributed by atoms with Crippen LogP contribution in [-0.4, -0.2) is 19.6 Å². The Balaban J connectivity index is 1.49. The third-order valence-corrected chi connectivity index (χ3v) is 10.6. The second kappa shape index (κ2) is 13.4. The molecule has 4 aromatic carbocycles. The van der Waals surface area contributed by atoms with Crippen LogP contribution >= 0.6 is 0 Å². The average molecular weight is 730 g/mol. The van der Waals surface area contributed by atoms with E-state index in [0.717, 1.165) is 66.7 Å². The van der Waals surface area contributed by atoms with E-state index < -0.39 is 0 Å². The topological polar surface area (TPSA) is 60.2 Å². The molecule has 0 amide bonds. The molecule has 5 heteroatoms.